The van der Waals surface area contributed by atoms with Crippen LogP contribution >= 0.6 is 11.3 Å². The number of nitrogens with zero attached hydrogens (tertiary/aromatic N) is 3. The van der Waals surface area contributed by atoms with Gasteiger partial charge in [0.1, 0.15) is 9.88 Å². The van der Waals surface area contributed by atoms with E-state index in [1.54, 1.807) is 6.20 Å². The Labute approximate surface area is 156 Å². The van der Waals surface area contributed by atoms with Crippen LogP contribution < -0.4 is 5.32 Å². The minimum absolute atomic E-state index is 0.0250. The molecular weight excluding hydrogens is 348 g/mol. The van der Waals surface area contributed by atoms with Crippen LogP contribution in [-0.2, 0) is 4.79 Å². The minimum atomic E-state index is 0.0250. The zero-order valence-electron chi connectivity index (χ0n) is 14.6. The summed E-state index contributed by atoms with van der Waals surface area (Å²) in [6, 6.07) is 10.0. The normalized spacial score (nSPS) is 21.1. The van der Waals surface area contributed by atoms with Crippen molar-refractivity contribution in [3.63, 3.8) is 0 Å². The summed E-state index contributed by atoms with van der Waals surface area (Å²) in [6.45, 7) is 3.31. The smallest absolute Gasteiger partial charge is 0.265 e. The molecule has 0 saturated carbocycles. The molecule has 0 aliphatic carbocycles. The molecule has 0 bridgehead atoms. The molecule has 1 unspecified atom stereocenters. The van der Waals surface area contributed by atoms with Gasteiger partial charge in [-0.05, 0) is 12.8 Å². The van der Waals surface area contributed by atoms with Crippen LogP contribution in [0.15, 0.2) is 36.5 Å². The predicted octanol–water partition coefficient (Wildman–Crippen LogP) is 1.85. The largest absolute Gasteiger partial charge is 0.336 e. The number of carbonyl (C=O) groups is 2. The lowest BCUT2D eigenvalue weighted by molar-refractivity contribution is -0.135. The molecule has 1 atom stereocenters. The van der Waals surface area contributed by atoms with Crippen LogP contribution in [0.4, 0.5) is 0 Å². The molecule has 3 heterocycles. The molecule has 2 aromatic rings. The highest BCUT2D eigenvalue weighted by Gasteiger charge is 2.32. The molecule has 26 heavy (non-hydrogen) atoms. The highest BCUT2D eigenvalue weighted by Crippen LogP contribution is 2.27. The lowest BCUT2D eigenvalue weighted by atomic mass is 10.0. The van der Waals surface area contributed by atoms with Gasteiger partial charge in [-0.2, -0.15) is 0 Å². The third-order valence-electron chi connectivity index (χ3n) is 4.99. The second kappa shape index (κ2) is 7.55. The summed E-state index contributed by atoms with van der Waals surface area (Å²) in [6.07, 6.45) is 3.57. The average molecular weight is 370 g/mol. The van der Waals surface area contributed by atoms with Gasteiger partial charge >= 0.3 is 0 Å². The number of hydrogen-bond acceptors (Lipinski definition) is 5. The molecular formula is C19H22N4O2S. The topological polar surface area (TPSA) is 65.5 Å². The van der Waals surface area contributed by atoms with Crippen molar-refractivity contribution in [3.05, 3.63) is 41.4 Å². The van der Waals surface area contributed by atoms with Gasteiger partial charge in [-0.3, -0.25) is 9.59 Å². The molecule has 6 nitrogen and oxygen atoms in total. The highest BCUT2D eigenvalue weighted by molar-refractivity contribution is 7.16. The van der Waals surface area contributed by atoms with E-state index in [1.165, 1.54) is 11.3 Å². The number of carbonyl (C=O) groups excluding carboxylic acids is 2. The molecule has 0 radical (unpaired) electrons. The van der Waals surface area contributed by atoms with Gasteiger partial charge in [0.15, 0.2) is 0 Å². The average Bonchev–Trinajstić information content (AvgIpc) is 3.19. The van der Waals surface area contributed by atoms with E-state index in [2.05, 4.69) is 10.3 Å². The molecule has 136 valence electrons. The monoisotopic (exact) mass is 370 g/mol. The Morgan fingerprint density at radius 1 is 1.23 bits per heavy atom. The first-order valence-electron chi connectivity index (χ1n) is 9.03. The fourth-order valence-corrected chi connectivity index (χ4v) is 4.53. The third-order valence-corrected chi connectivity index (χ3v) is 6.02. The van der Waals surface area contributed by atoms with Crippen molar-refractivity contribution in [2.24, 2.45) is 0 Å². The molecule has 1 aromatic carbocycles. The molecule has 4 rings (SSSR count). The van der Waals surface area contributed by atoms with Gasteiger partial charge in [0, 0.05) is 37.8 Å². The van der Waals surface area contributed by atoms with Crippen LogP contribution in [0.25, 0.3) is 10.6 Å². The number of likely N-dealkylation sites (tertiary alicyclic amines) is 1. The van der Waals surface area contributed by atoms with E-state index in [0.717, 1.165) is 43.0 Å². The summed E-state index contributed by atoms with van der Waals surface area (Å²) in [7, 11) is 0. The number of thiazole rings is 1. The van der Waals surface area contributed by atoms with Crippen LogP contribution in [0.2, 0.25) is 0 Å². The van der Waals surface area contributed by atoms with Crippen LogP contribution in [0.1, 0.15) is 22.5 Å². The van der Waals surface area contributed by atoms with E-state index in [0.29, 0.717) is 18.0 Å². The van der Waals surface area contributed by atoms with E-state index in [1.807, 2.05) is 40.1 Å². The number of piperidine rings is 1. The third kappa shape index (κ3) is 3.50. The Bertz CT molecular complexity index is 792. The first-order chi connectivity index (χ1) is 12.7. The van der Waals surface area contributed by atoms with Crippen LogP contribution in [0, 0.1) is 0 Å². The van der Waals surface area contributed by atoms with Crippen LogP contribution in [0.5, 0.6) is 0 Å². The maximum Gasteiger partial charge on any atom is 0.265 e. The number of rotatable bonds is 3. The first kappa shape index (κ1) is 17.2. The second-order valence-corrected chi connectivity index (χ2v) is 7.74. The van der Waals surface area contributed by atoms with Gasteiger partial charge < -0.3 is 15.1 Å². The highest BCUT2D eigenvalue weighted by atomic mass is 32.1. The number of benzene rings is 1. The van der Waals surface area contributed by atoms with E-state index in [-0.39, 0.29) is 17.9 Å². The van der Waals surface area contributed by atoms with E-state index in [4.69, 9.17) is 0 Å². The van der Waals surface area contributed by atoms with Crippen molar-refractivity contribution in [2.45, 2.75) is 18.9 Å². The predicted molar refractivity (Wildman–Crippen MR) is 101 cm³/mol. The lowest BCUT2D eigenvalue weighted by Gasteiger charge is -2.41. The Hall–Kier alpha value is -2.25. The maximum absolute atomic E-state index is 12.9. The van der Waals surface area contributed by atoms with Gasteiger partial charge in [0.2, 0.25) is 5.91 Å². The van der Waals surface area contributed by atoms with Crippen molar-refractivity contribution >= 4 is 23.2 Å². The maximum atomic E-state index is 12.9. The van der Waals surface area contributed by atoms with Gasteiger partial charge in [0.05, 0.1) is 12.7 Å². The molecule has 1 N–H and O–H groups in total. The van der Waals surface area contributed by atoms with E-state index >= 15 is 0 Å². The van der Waals surface area contributed by atoms with Crippen molar-refractivity contribution < 1.29 is 9.59 Å². The number of amides is 2. The fraction of sp³-hybridized carbons (Fsp3) is 0.421. The fourth-order valence-electron chi connectivity index (χ4n) is 3.64. The summed E-state index contributed by atoms with van der Waals surface area (Å²) in [4.78, 5) is 34.0. The molecule has 2 amide bonds. The zero-order valence-corrected chi connectivity index (χ0v) is 15.4. The Balaban J connectivity index is 1.46. The van der Waals surface area contributed by atoms with Gasteiger partial charge in [0.25, 0.3) is 5.91 Å². The van der Waals surface area contributed by atoms with Crippen molar-refractivity contribution in [2.75, 3.05) is 32.7 Å². The van der Waals surface area contributed by atoms with Gasteiger partial charge in [-0.25, -0.2) is 4.98 Å². The quantitative estimate of drug-likeness (QED) is 0.896. The SMILES string of the molecule is O=C(c1cnc(-c2ccccc2)s1)N1CCCC(N2CCNCC2=O)C1. The van der Waals surface area contributed by atoms with Crippen molar-refractivity contribution in [3.8, 4) is 10.6 Å². The standard InChI is InChI=1S/C19H22N4O2S/c24-17-12-20-8-10-23(17)15-7-4-9-22(13-15)19(25)16-11-21-18(26-16)14-5-2-1-3-6-14/h1-3,5-6,11,15,20H,4,7-10,12-13H2. The molecule has 7 heteroatoms. The van der Waals surface area contributed by atoms with Crippen LogP contribution in [0.3, 0.4) is 0 Å². The number of hydrogen-bond donors (Lipinski definition) is 1. The Morgan fingerprint density at radius 3 is 2.88 bits per heavy atom. The Kier molecular flexibility index (Phi) is 4.99. The van der Waals surface area contributed by atoms with E-state index in [9.17, 15) is 9.59 Å². The summed E-state index contributed by atoms with van der Waals surface area (Å²) in [5, 5.41) is 3.96. The molecule has 2 aliphatic heterocycles. The minimum Gasteiger partial charge on any atom is -0.336 e. The molecule has 0 spiro atoms. The summed E-state index contributed by atoms with van der Waals surface area (Å²) < 4.78 is 0. The molecule has 1 aromatic heterocycles. The molecule has 2 fully saturated rings. The first-order valence-corrected chi connectivity index (χ1v) is 9.85. The van der Waals surface area contributed by atoms with Crippen LogP contribution in [-0.4, -0.2) is 65.4 Å². The Morgan fingerprint density at radius 2 is 2.08 bits per heavy atom. The van der Waals surface area contributed by atoms with E-state index < -0.39 is 0 Å². The second-order valence-electron chi connectivity index (χ2n) is 6.71. The summed E-state index contributed by atoms with van der Waals surface area (Å²) in [5.74, 6) is 0.164. The summed E-state index contributed by atoms with van der Waals surface area (Å²) >= 11 is 1.43. The van der Waals surface area contributed by atoms with Gasteiger partial charge in [-0.15, -0.1) is 11.3 Å². The number of piperazine rings is 1. The molecule has 2 saturated heterocycles. The number of nitrogens with one attached hydrogen (secondary N) is 1. The molecule has 2 aliphatic rings. The van der Waals surface area contributed by atoms with Crippen molar-refractivity contribution in [1.29, 1.82) is 0 Å². The van der Waals surface area contributed by atoms with Gasteiger partial charge in [-0.1, -0.05) is 30.3 Å². The lowest BCUT2D eigenvalue weighted by Crippen LogP contribution is -2.57. The van der Waals surface area contributed by atoms with Crippen molar-refractivity contribution in [1.82, 2.24) is 20.1 Å². The zero-order chi connectivity index (χ0) is 17.9. The summed E-state index contributed by atoms with van der Waals surface area (Å²) in [5.41, 5.74) is 1.03. The number of aromatic nitrogens is 1.